The van der Waals surface area contributed by atoms with Crippen molar-refractivity contribution in [3.8, 4) is 5.88 Å². The molecule has 1 aromatic rings. The number of hydrogen-bond donors (Lipinski definition) is 3. The molecule has 10 heteroatoms. The van der Waals surface area contributed by atoms with Gasteiger partial charge in [0.05, 0.1) is 24.4 Å². The summed E-state index contributed by atoms with van der Waals surface area (Å²) in [6.07, 6.45) is 10.2. The van der Waals surface area contributed by atoms with Gasteiger partial charge in [0.2, 0.25) is 11.8 Å². The number of rotatable bonds is 10. The molecule has 5 atom stereocenters. The van der Waals surface area contributed by atoms with Crippen molar-refractivity contribution in [2.24, 2.45) is 28.9 Å². The number of nitrogens with one attached hydrogen (secondary N) is 2. The van der Waals surface area contributed by atoms with Crippen LogP contribution in [0.4, 0.5) is 0 Å². The maximum atomic E-state index is 13.5. The summed E-state index contributed by atoms with van der Waals surface area (Å²) >= 11 is 0. The monoisotopic (exact) mass is 577 g/mol. The summed E-state index contributed by atoms with van der Waals surface area (Å²) in [5.74, 6) is 1.26. The standard InChI is InChI=1S/C27H42N4O5.C3H8.CH5N/c1-17(2)36-25-22(14-28-31(25)9-8-26(5,6)30-19(4)33)24(34)29-23-18(3)10-20-11-21(23)13-27(7,12-20)15-35-16-32;1-3-2;1-2/h8-9,14,16-18,20-21,23H,10-13,15H2,1-7H3,(H,29,34)(H,30,33);3H2,1-2H3;2H2,1H3/b9-8+;;/t18?,20?,21?,23?,27-;;/m0../s1. The molecule has 0 saturated heterocycles. The van der Waals surface area contributed by atoms with Crippen molar-refractivity contribution < 1.29 is 23.9 Å². The van der Waals surface area contributed by atoms with Crippen molar-refractivity contribution >= 4 is 24.5 Å². The minimum absolute atomic E-state index is 0.0223. The molecule has 2 amide bonds. The van der Waals surface area contributed by atoms with Crippen molar-refractivity contribution in [2.45, 2.75) is 112 Å². The highest BCUT2D eigenvalue weighted by atomic mass is 16.5. The van der Waals surface area contributed by atoms with Gasteiger partial charge in [-0.3, -0.25) is 14.4 Å². The van der Waals surface area contributed by atoms with Crippen LogP contribution in [-0.2, 0) is 14.3 Å². The van der Waals surface area contributed by atoms with Crippen LogP contribution in [0.2, 0.25) is 0 Å². The van der Waals surface area contributed by atoms with E-state index in [2.05, 4.69) is 49.2 Å². The third-order valence-electron chi connectivity index (χ3n) is 7.27. The van der Waals surface area contributed by atoms with Crippen molar-refractivity contribution in [1.82, 2.24) is 20.4 Å². The van der Waals surface area contributed by atoms with Crippen LogP contribution in [0.15, 0.2) is 12.3 Å². The quantitative estimate of drug-likeness (QED) is 0.340. The first-order valence-electron chi connectivity index (χ1n) is 14.9. The summed E-state index contributed by atoms with van der Waals surface area (Å²) in [5, 5.41) is 10.5. The molecular formula is C31H55N5O5. The van der Waals surface area contributed by atoms with Gasteiger partial charge in [-0.05, 0) is 84.3 Å². The maximum Gasteiger partial charge on any atom is 0.293 e. The van der Waals surface area contributed by atoms with Crippen LogP contribution in [0.25, 0.3) is 6.20 Å². The van der Waals surface area contributed by atoms with E-state index in [4.69, 9.17) is 9.47 Å². The van der Waals surface area contributed by atoms with Crippen LogP contribution in [0, 0.1) is 23.2 Å². The predicted molar refractivity (Wildman–Crippen MR) is 163 cm³/mol. The van der Waals surface area contributed by atoms with Gasteiger partial charge in [0.1, 0.15) is 5.56 Å². The number of nitrogens with two attached hydrogens (primary N) is 1. The molecule has 2 aliphatic carbocycles. The molecule has 4 N–H and O–H groups in total. The molecule has 0 aliphatic heterocycles. The summed E-state index contributed by atoms with van der Waals surface area (Å²) in [6.45, 7) is 18.6. The van der Waals surface area contributed by atoms with E-state index in [1.165, 1.54) is 31.3 Å². The molecule has 2 aliphatic rings. The lowest BCUT2D eigenvalue weighted by atomic mass is 9.58. The minimum atomic E-state index is -0.593. The number of fused-ring (bicyclic) bond motifs is 2. The molecule has 0 spiro atoms. The molecule has 3 rings (SSSR count). The Morgan fingerprint density at radius 3 is 2.44 bits per heavy atom. The molecule has 41 heavy (non-hydrogen) atoms. The van der Waals surface area contributed by atoms with Crippen LogP contribution in [0.3, 0.4) is 0 Å². The number of aromatic nitrogens is 2. The van der Waals surface area contributed by atoms with Gasteiger partial charge < -0.3 is 25.8 Å². The third kappa shape index (κ3) is 11.1. The van der Waals surface area contributed by atoms with Gasteiger partial charge >= 0.3 is 0 Å². The zero-order valence-corrected chi connectivity index (χ0v) is 27.0. The maximum absolute atomic E-state index is 13.5. The van der Waals surface area contributed by atoms with E-state index in [-0.39, 0.29) is 29.4 Å². The SMILES string of the molecule is CC(=O)NC(C)(C)/C=C/n1ncc(C(=O)NC2C(C)CC3CC2C[C@@](C)(COC=O)C3)c1OC(C)C.CCC.CN. The van der Waals surface area contributed by atoms with Gasteiger partial charge in [-0.15, -0.1) is 0 Å². The smallest absolute Gasteiger partial charge is 0.293 e. The zero-order chi connectivity index (χ0) is 31.4. The Bertz CT molecular complexity index is 1000. The normalized spacial score (nSPS) is 25.3. The highest BCUT2D eigenvalue weighted by Gasteiger charge is 2.46. The Kier molecular flexibility index (Phi) is 14.6. The topological polar surface area (TPSA) is 138 Å². The fourth-order valence-electron chi connectivity index (χ4n) is 6.15. The molecule has 10 nitrogen and oxygen atoms in total. The van der Waals surface area contributed by atoms with Crippen molar-refractivity contribution in [1.29, 1.82) is 0 Å². The van der Waals surface area contributed by atoms with Gasteiger partial charge in [0, 0.05) is 24.6 Å². The Hall–Kier alpha value is -2.88. The van der Waals surface area contributed by atoms with Crippen LogP contribution in [-0.4, -0.2) is 59.4 Å². The first-order valence-corrected chi connectivity index (χ1v) is 14.9. The van der Waals surface area contributed by atoms with Crippen molar-refractivity contribution in [3.05, 3.63) is 17.8 Å². The Morgan fingerprint density at radius 1 is 1.24 bits per heavy atom. The molecule has 1 heterocycles. The average molecular weight is 578 g/mol. The van der Waals surface area contributed by atoms with E-state index in [0.717, 1.165) is 25.7 Å². The summed E-state index contributed by atoms with van der Waals surface area (Å²) in [7, 11) is 1.50. The zero-order valence-electron chi connectivity index (χ0n) is 27.0. The molecular weight excluding hydrogens is 522 g/mol. The highest BCUT2D eigenvalue weighted by molar-refractivity contribution is 5.96. The van der Waals surface area contributed by atoms with Crippen LogP contribution < -0.4 is 21.1 Å². The molecule has 2 saturated carbocycles. The second-order valence-corrected chi connectivity index (χ2v) is 12.6. The molecule has 2 bridgehead atoms. The fourth-order valence-corrected chi connectivity index (χ4v) is 6.15. The third-order valence-corrected chi connectivity index (χ3v) is 7.27. The number of ether oxygens (including phenoxy) is 2. The lowest BCUT2D eigenvalue weighted by Crippen LogP contribution is -2.53. The first kappa shape index (κ1) is 36.1. The van der Waals surface area contributed by atoms with Crippen LogP contribution in [0.5, 0.6) is 5.88 Å². The Balaban J connectivity index is 0.00000157. The van der Waals surface area contributed by atoms with E-state index in [1.54, 1.807) is 6.20 Å². The number of amides is 2. The number of carbonyl (C=O) groups is 3. The Labute approximate surface area is 247 Å². The summed E-state index contributed by atoms with van der Waals surface area (Å²) < 4.78 is 12.7. The van der Waals surface area contributed by atoms with E-state index in [0.29, 0.717) is 42.3 Å². The average Bonchev–Trinajstić information content (AvgIpc) is 3.26. The number of hydrogen-bond acceptors (Lipinski definition) is 7. The van der Waals surface area contributed by atoms with Gasteiger partial charge in [0.25, 0.3) is 12.4 Å². The molecule has 4 unspecified atom stereocenters. The Morgan fingerprint density at radius 2 is 1.88 bits per heavy atom. The van der Waals surface area contributed by atoms with Crippen molar-refractivity contribution in [2.75, 3.05) is 13.7 Å². The number of nitrogens with zero attached hydrogens (tertiary/aromatic N) is 2. The van der Waals surface area contributed by atoms with Crippen LogP contribution >= 0.6 is 0 Å². The number of carbonyl (C=O) groups excluding carboxylic acids is 3. The lowest BCUT2D eigenvalue weighted by molar-refractivity contribution is -0.134. The first-order chi connectivity index (χ1) is 19.2. The predicted octanol–water partition coefficient (Wildman–Crippen LogP) is 4.78. The summed E-state index contributed by atoms with van der Waals surface area (Å²) in [5.41, 5.74) is 4.22. The van der Waals surface area contributed by atoms with Gasteiger partial charge in [-0.2, -0.15) is 5.10 Å². The van der Waals surface area contributed by atoms with Crippen molar-refractivity contribution in [3.63, 3.8) is 0 Å². The lowest BCUT2D eigenvalue weighted by Gasteiger charge is -2.50. The molecule has 1 aromatic heterocycles. The largest absolute Gasteiger partial charge is 0.474 e. The van der Waals surface area contributed by atoms with E-state index < -0.39 is 5.54 Å². The second kappa shape index (κ2) is 16.5. The van der Waals surface area contributed by atoms with Gasteiger partial charge in [-0.25, -0.2) is 4.68 Å². The molecule has 2 fully saturated rings. The minimum Gasteiger partial charge on any atom is -0.474 e. The molecule has 234 valence electrons. The van der Waals surface area contributed by atoms with E-state index >= 15 is 0 Å². The van der Waals surface area contributed by atoms with Gasteiger partial charge in [-0.1, -0.05) is 34.1 Å². The van der Waals surface area contributed by atoms with Gasteiger partial charge in [0.15, 0.2) is 0 Å². The van der Waals surface area contributed by atoms with E-state index in [9.17, 15) is 14.4 Å². The summed E-state index contributed by atoms with van der Waals surface area (Å²) in [6, 6.07) is 0.0223. The molecule has 0 radical (unpaired) electrons. The summed E-state index contributed by atoms with van der Waals surface area (Å²) in [4.78, 5) is 35.8. The van der Waals surface area contributed by atoms with Crippen LogP contribution in [0.1, 0.15) is 105 Å². The highest BCUT2D eigenvalue weighted by Crippen LogP contribution is 2.50. The fraction of sp³-hybridized carbons (Fsp3) is 0.742. The molecule has 0 aromatic carbocycles. The second-order valence-electron chi connectivity index (χ2n) is 12.6. The van der Waals surface area contributed by atoms with E-state index in [1.807, 2.05) is 33.8 Å².